The molecule has 0 aromatic rings. The van der Waals surface area contributed by atoms with Gasteiger partial charge >= 0.3 is 10.4 Å². The second-order valence-electron chi connectivity index (χ2n) is 2.81. The molecule has 11 heavy (non-hydrogen) atoms. The van der Waals surface area contributed by atoms with Crippen LogP contribution in [-0.4, -0.2) is 30.3 Å². The van der Waals surface area contributed by atoms with Gasteiger partial charge in [-0.25, -0.2) is 4.18 Å². The van der Waals surface area contributed by atoms with Gasteiger partial charge in [0.2, 0.25) is 0 Å². The molecule has 0 aromatic heterocycles. The zero-order chi connectivity index (χ0) is 9.12. The molecule has 0 radical (unpaired) electrons. The molecule has 2 N–H and O–H groups in total. The Balaban J connectivity index is 3.61. The highest BCUT2D eigenvalue weighted by Gasteiger charge is 2.14. The van der Waals surface area contributed by atoms with Crippen LogP contribution in [0.15, 0.2) is 0 Å². The van der Waals surface area contributed by atoms with E-state index in [1.54, 1.807) is 0 Å². The third-order valence-electron chi connectivity index (χ3n) is 0.946. The molecule has 0 aliphatic rings. The van der Waals surface area contributed by atoms with Gasteiger partial charge in [-0.1, -0.05) is 0 Å². The lowest BCUT2D eigenvalue weighted by atomic mass is 10.1. The molecule has 5 nitrogen and oxygen atoms in total. The van der Waals surface area contributed by atoms with E-state index in [4.69, 9.17) is 9.66 Å². The van der Waals surface area contributed by atoms with Gasteiger partial charge in [0.1, 0.15) is 0 Å². The highest BCUT2D eigenvalue weighted by molar-refractivity contribution is 7.80. The normalized spacial score (nSPS) is 13.5. The summed E-state index contributed by atoms with van der Waals surface area (Å²) in [5, 5.41) is 9.06. The van der Waals surface area contributed by atoms with E-state index in [1.165, 1.54) is 13.8 Å². The Morgan fingerprint density at radius 2 is 1.91 bits per heavy atom. The predicted octanol–water partition coefficient (Wildman–Crippen LogP) is -0.0332. The van der Waals surface area contributed by atoms with E-state index in [2.05, 4.69) is 4.18 Å². The molecule has 0 bridgehead atoms. The average molecular weight is 184 g/mol. The summed E-state index contributed by atoms with van der Waals surface area (Å²) >= 11 is 0. The molecule has 0 aromatic carbocycles. The first-order valence-electron chi connectivity index (χ1n) is 3.05. The maximum absolute atomic E-state index is 9.97. The summed E-state index contributed by atoms with van der Waals surface area (Å²) in [7, 11) is -4.36. The Bertz CT molecular complexity index is 199. The van der Waals surface area contributed by atoms with Gasteiger partial charge < -0.3 is 5.11 Å². The molecule has 0 saturated carbocycles. The van der Waals surface area contributed by atoms with Gasteiger partial charge in [0.25, 0.3) is 0 Å². The maximum Gasteiger partial charge on any atom is 0.397 e. The van der Waals surface area contributed by atoms with Crippen molar-refractivity contribution in [2.24, 2.45) is 0 Å². The Morgan fingerprint density at radius 3 is 2.18 bits per heavy atom. The third kappa shape index (κ3) is 9.83. The van der Waals surface area contributed by atoms with Crippen LogP contribution in [-0.2, 0) is 14.6 Å². The number of aliphatic hydroxyl groups is 1. The third-order valence-corrected chi connectivity index (χ3v) is 1.41. The van der Waals surface area contributed by atoms with Crippen molar-refractivity contribution in [2.75, 3.05) is 6.61 Å². The van der Waals surface area contributed by atoms with E-state index in [9.17, 15) is 8.42 Å². The average Bonchev–Trinajstić information content (AvgIpc) is 1.55. The van der Waals surface area contributed by atoms with Crippen molar-refractivity contribution in [3.05, 3.63) is 0 Å². The van der Waals surface area contributed by atoms with Crippen LogP contribution in [0.1, 0.15) is 20.3 Å². The molecule has 0 amide bonds. The minimum atomic E-state index is -4.36. The molecule has 0 atom stereocenters. The fraction of sp³-hybridized carbons (Fsp3) is 1.00. The molecular formula is C5H12O5S. The van der Waals surface area contributed by atoms with Crippen molar-refractivity contribution >= 4 is 10.4 Å². The summed E-state index contributed by atoms with van der Waals surface area (Å²) in [5.74, 6) is 0. The van der Waals surface area contributed by atoms with Crippen molar-refractivity contribution in [2.45, 2.75) is 25.9 Å². The van der Waals surface area contributed by atoms with Crippen molar-refractivity contribution in [3.63, 3.8) is 0 Å². The first-order chi connectivity index (χ1) is 4.71. The van der Waals surface area contributed by atoms with Gasteiger partial charge in [0, 0.05) is 6.42 Å². The van der Waals surface area contributed by atoms with E-state index < -0.39 is 16.0 Å². The van der Waals surface area contributed by atoms with Crippen LogP contribution in [0.3, 0.4) is 0 Å². The SMILES string of the molecule is CC(C)(O)CCOS(=O)(=O)O. The topological polar surface area (TPSA) is 83.8 Å². The quantitative estimate of drug-likeness (QED) is 0.599. The lowest BCUT2D eigenvalue weighted by Crippen LogP contribution is -2.21. The van der Waals surface area contributed by atoms with E-state index in [0.717, 1.165) is 0 Å². The molecule has 0 spiro atoms. The van der Waals surface area contributed by atoms with Crippen molar-refractivity contribution in [1.82, 2.24) is 0 Å². The molecule has 0 heterocycles. The van der Waals surface area contributed by atoms with Crippen LogP contribution in [0.4, 0.5) is 0 Å². The maximum atomic E-state index is 9.97. The van der Waals surface area contributed by atoms with E-state index >= 15 is 0 Å². The molecule has 0 rings (SSSR count). The molecule has 68 valence electrons. The highest BCUT2D eigenvalue weighted by atomic mass is 32.3. The van der Waals surface area contributed by atoms with Crippen LogP contribution in [0.25, 0.3) is 0 Å². The minimum Gasteiger partial charge on any atom is -0.390 e. The van der Waals surface area contributed by atoms with Crippen LogP contribution in [0.2, 0.25) is 0 Å². The van der Waals surface area contributed by atoms with Crippen molar-refractivity contribution < 1.29 is 22.3 Å². The summed E-state index contributed by atoms with van der Waals surface area (Å²) in [6.07, 6.45) is 0.146. The largest absolute Gasteiger partial charge is 0.397 e. The Hall–Kier alpha value is -0.170. The summed E-state index contributed by atoms with van der Waals surface area (Å²) in [4.78, 5) is 0. The Kier molecular flexibility index (Phi) is 3.43. The van der Waals surface area contributed by atoms with Gasteiger partial charge in [0.05, 0.1) is 12.2 Å². The summed E-state index contributed by atoms with van der Waals surface area (Å²) in [6, 6.07) is 0. The van der Waals surface area contributed by atoms with Crippen LogP contribution in [0.5, 0.6) is 0 Å². The lowest BCUT2D eigenvalue weighted by molar-refractivity contribution is 0.0547. The highest BCUT2D eigenvalue weighted by Crippen LogP contribution is 2.07. The van der Waals surface area contributed by atoms with Gasteiger partial charge in [-0.2, -0.15) is 8.42 Å². The number of rotatable bonds is 4. The molecule has 0 fully saturated rings. The summed E-state index contributed by atoms with van der Waals surface area (Å²) in [5.41, 5.74) is -0.981. The number of hydrogen-bond acceptors (Lipinski definition) is 4. The predicted molar refractivity (Wildman–Crippen MR) is 38.4 cm³/mol. The summed E-state index contributed by atoms with van der Waals surface area (Å²) < 4.78 is 32.0. The van der Waals surface area contributed by atoms with Crippen LogP contribution in [0, 0.1) is 0 Å². The van der Waals surface area contributed by atoms with E-state index in [0.29, 0.717) is 0 Å². The second kappa shape index (κ2) is 3.48. The molecule has 0 unspecified atom stereocenters. The Morgan fingerprint density at radius 1 is 1.45 bits per heavy atom. The first kappa shape index (κ1) is 10.8. The Labute approximate surface area is 65.9 Å². The van der Waals surface area contributed by atoms with Crippen LogP contribution >= 0.6 is 0 Å². The zero-order valence-electron chi connectivity index (χ0n) is 6.44. The van der Waals surface area contributed by atoms with E-state index in [-0.39, 0.29) is 13.0 Å². The zero-order valence-corrected chi connectivity index (χ0v) is 7.26. The van der Waals surface area contributed by atoms with Gasteiger partial charge in [-0.15, -0.1) is 0 Å². The van der Waals surface area contributed by atoms with Gasteiger partial charge in [0.15, 0.2) is 0 Å². The molecule has 0 saturated heterocycles. The fourth-order valence-electron chi connectivity index (χ4n) is 0.397. The molecule has 0 aliphatic carbocycles. The first-order valence-corrected chi connectivity index (χ1v) is 4.41. The minimum absolute atomic E-state index is 0.146. The van der Waals surface area contributed by atoms with Gasteiger partial charge in [-0.05, 0) is 13.8 Å². The van der Waals surface area contributed by atoms with Crippen LogP contribution < -0.4 is 0 Å². The monoisotopic (exact) mass is 184 g/mol. The van der Waals surface area contributed by atoms with Crippen molar-refractivity contribution in [1.29, 1.82) is 0 Å². The van der Waals surface area contributed by atoms with Gasteiger partial charge in [-0.3, -0.25) is 4.55 Å². The molecule has 0 aliphatic heterocycles. The standard InChI is InChI=1S/C5H12O5S/c1-5(2,6)3-4-10-11(7,8)9/h6H,3-4H2,1-2H3,(H,7,8,9). The second-order valence-corrected chi connectivity index (χ2v) is 3.90. The fourth-order valence-corrected chi connectivity index (χ4v) is 0.691. The smallest absolute Gasteiger partial charge is 0.390 e. The number of hydrogen-bond donors (Lipinski definition) is 2. The summed E-state index contributed by atoms with van der Waals surface area (Å²) in [6.45, 7) is 2.81. The lowest BCUT2D eigenvalue weighted by Gasteiger charge is -2.15. The van der Waals surface area contributed by atoms with E-state index in [1.807, 2.05) is 0 Å². The van der Waals surface area contributed by atoms with Crippen molar-refractivity contribution in [3.8, 4) is 0 Å². The molecular weight excluding hydrogens is 172 g/mol. The molecule has 6 heteroatoms.